The third kappa shape index (κ3) is 6.83. The molecule has 0 spiro atoms. The van der Waals surface area contributed by atoms with Gasteiger partial charge in [-0.2, -0.15) is 0 Å². The van der Waals surface area contributed by atoms with Crippen molar-refractivity contribution in [3.05, 3.63) is 265 Å². The first-order valence-electron chi connectivity index (χ1n) is 22.7. The van der Waals surface area contributed by atoms with Crippen molar-refractivity contribution in [2.45, 2.75) is 12.3 Å². The maximum absolute atomic E-state index is 5.23. The second-order valence-corrected chi connectivity index (χ2v) is 17.4. The number of hydrogen-bond acceptors (Lipinski definition) is 2. The smallest absolute Gasteiger partial charge is 0.160 e. The monoisotopic (exact) mass is 840 g/mol. The van der Waals surface area contributed by atoms with Crippen LogP contribution in [-0.2, 0) is 5.41 Å². The zero-order chi connectivity index (χ0) is 44.0. The Morgan fingerprint density at radius 3 is 1.45 bits per heavy atom. The molecule has 0 radical (unpaired) electrons. The van der Waals surface area contributed by atoms with Gasteiger partial charge in [-0.05, 0) is 108 Å². The zero-order valence-corrected chi connectivity index (χ0v) is 36.6. The van der Waals surface area contributed by atoms with Crippen molar-refractivity contribution in [2.24, 2.45) is 0 Å². The van der Waals surface area contributed by atoms with Crippen molar-refractivity contribution in [3.8, 4) is 89.5 Å². The summed E-state index contributed by atoms with van der Waals surface area (Å²) in [4.78, 5) is 10.4. The first-order valence-corrected chi connectivity index (χ1v) is 22.7. The molecule has 2 nitrogen and oxygen atoms in total. The number of fused-ring (bicyclic) bond motifs is 4. The van der Waals surface area contributed by atoms with E-state index in [-0.39, 0.29) is 5.41 Å². The first kappa shape index (κ1) is 39.2. The zero-order valence-electron chi connectivity index (χ0n) is 36.6. The highest BCUT2D eigenvalue weighted by Crippen LogP contribution is 2.53. The summed E-state index contributed by atoms with van der Waals surface area (Å²) in [5, 5.41) is 2.33. The van der Waals surface area contributed by atoms with E-state index in [1.807, 2.05) is 24.3 Å². The van der Waals surface area contributed by atoms with Crippen LogP contribution in [0.2, 0.25) is 0 Å². The Morgan fingerprint density at radius 2 is 0.727 bits per heavy atom. The van der Waals surface area contributed by atoms with Gasteiger partial charge in [0.15, 0.2) is 5.82 Å². The summed E-state index contributed by atoms with van der Waals surface area (Å²) in [5.74, 6) is 0.704. The van der Waals surface area contributed by atoms with Gasteiger partial charge in [0.25, 0.3) is 0 Å². The Bertz CT molecular complexity index is 3560. The van der Waals surface area contributed by atoms with Crippen LogP contribution < -0.4 is 0 Å². The van der Waals surface area contributed by atoms with Crippen LogP contribution in [0.15, 0.2) is 249 Å². The van der Waals surface area contributed by atoms with Crippen molar-refractivity contribution in [2.75, 3.05) is 0 Å². The van der Waals surface area contributed by atoms with Crippen molar-refractivity contribution < 1.29 is 0 Å². The van der Waals surface area contributed by atoms with E-state index in [9.17, 15) is 0 Å². The molecule has 0 saturated heterocycles. The molecule has 0 saturated carbocycles. The molecule has 10 aromatic carbocycles. The minimum Gasteiger partial charge on any atom is -0.228 e. The van der Waals surface area contributed by atoms with Crippen LogP contribution in [0.4, 0.5) is 0 Å². The average Bonchev–Trinajstić information content (AvgIpc) is 3.66. The van der Waals surface area contributed by atoms with Gasteiger partial charge in [-0.1, -0.05) is 231 Å². The van der Waals surface area contributed by atoms with E-state index >= 15 is 0 Å². The predicted molar refractivity (Wildman–Crippen MR) is 275 cm³/mol. The van der Waals surface area contributed by atoms with Gasteiger partial charge < -0.3 is 0 Å². The molecule has 0 fully saturated rings. The highest BCUT2D eigenvalue weighted by molar-refractivity contribution is 6.05. The van der Waals surface area contributed by atoms with E-state index in [1.54, 1.807) is 0 Å². The van der Waals surface area contributed by atoms with Gasteiger partial charge in [-0.3, -0.25) is 0 Å². The Balaban J connectivity index is 0.879. The van der Waals surface area contributed by atoms with Crippen LogP contribution in [0.3, 0.4) is 0 Å². The van der Waals surface area contributed by atoms with Gasteiger partial charge in [-0.15, -0.1) is 0 Å². The SMILES string of the molecule is CC1(c2ccccc2)c2ccccc2-c2ccc(-c3cccc(-c4ccc(-c5ccc(-c6cc(-c7ccc(-c8ccccc8)cc7)nc(-c7ccccc7)n6)c6ccccc56)cc4)c3)cc21. The minimum atomic E-state index is -0.238. The topological polar surface area (TPSA) is 25.8 Å². The van der Waals surface area contributed by atoms with Crippen LogP contribution in [0.25, 0.3) is 100 Å². The standard InChI is InChI=1S/C64H44N2/c1-64(52-22-9-4-10-23-52)59-27-14-13-26-56(59)57-37-36-51(41-60(57)64)50-21-15-20-49(40-50)45-28-32-46(33-29-45)53-38-39-58(55-25-12-11-24-54(53)55)62-42-61(65-63(66-62)48-18-7-3-8-19-48)47-34-30-44(31-35-47)43-16-5-2-6-17-43/h2-42H,1H3. The van der Waals surface area contributed by atoms with Crippen molar-refractivity contribution in [1.82, 2.24) is 9.97 Å². The molecule has 0 amide bonds. The van der Waals surface area contributed by atoms with E-state index in [4.69, 9.17) is 9.97 Å². The van der Waals surface area contributed by atoms with Crippen LogP contribution in [0.5, 0.6) is 0 Å². The van der Waals surface area contributed by atoms with Crippen molar-refractivity contribution in [1.29, 1.82) is 0 Å². The fourth-order valence-corrected chi connectivity index (χ4v) is 10.2. The molecular weight excluding hydrogens is 797 g/mol. The summed E-state index contributed by atoms with van der Waals surface area (Å²) in [7, 11) is 0. The fraction of sp³-hybridized carbons (Fsp3) is 0.0312. The van der Waals surface area contributed by atoms with E-state index < -0.39 is 0 Å². The second kappa shape index (κ2) is 16.3. The largest absolute Gasteiger partial charge is 0.228 e. The number of rotatable bonds is 8. The molecule has 66 heavy (non-hydrogen) atoms. The lowest BCUT2D eigenvalue weighted by atomic mass is 9.74. The Kier molecular flexibility index (Phi) is 9.65. The lowest BCUT2D eigenvalue weighted by Gasteiger charge is -2.28. The van der Waals surface area contributed by atoms with Gasteiger partial charge in [0.2, 0.25) is 0 Å². The first-order chi connectivity index (χ1) is 32.6. The maximum Gasteiger partial charge on any atom is 0.160 e. The third-order valence-electron chi connectivity index (χ3n) is 13.6. The van der Waals surface area contributed by atoms with Crippen LogP contribution in [-0.4, -0.2) is 9.97 Å². The molecule has 0 aliphatic heterocycles. The molecule has 1 unspecified atom stereocenters. The molecular formula is C64H44N2. The molecule has 1 aromatic heterocycles. The Labute approximate surface area is 386 Å². The fourth-order valence-electron chi connectivity index (χ4n) is 10.2. The van der Waals surface area contributed by atoms with E-state index in [1.165, 1.54) is 77.7 Å². The highest BCUT2D eigenvalue weighted by atomic mass is 14.9. The molecule has 0 N–H and O–H groups in total. The quantitative estimate of drug-likeness (QED) is 0.152. The number of benzene rings is 10. The molecule has 0 bridgehead atoms. The lowest BCUT2D eigenvalue weighted by molar-refractivity contribution is 0.714. The summed E-state index contributed by atoms with van der Waals surface area (Å²) >= 11 is 0. The van der Waals surface area contributed by atoms with Gasteiger partial charge >= 0.3 is 0 Å². The molecule has 1 atom stereocenters. The van der Waals surface area contributed by atoms with Crippen molar-refractivity contribution >= 4 is 10.8 Å². The molecule has 1 aliphatic rings. The number of aromatic nitrogens is 2. The lowest BCUT2D eigenvalue weighted by Crippen LogP contribution is -2.22. The summed E-state index contributed by atoms with van der Waals surface area (Å²) in [6, 6.07) is 89.6. The molecule has 12 rings (SSSR count). The van der Waals surface area contributed by atoms with Crippen LogP contribution >= 0.6 is 0 Å². The molecule has 1 heterocycles. The molecule has 11 aromatic rings. The number of nitrogens with zero attached hydrogens (tertiary/aromatic N) is 2. The van der Waals surface area contributed by atoms with Crippen LogP contribution in [0, 0.1) is 0 Å². The van der Waals surface area contributed by atoms with Crippen molar-refractivity contribution in [3.63, 3.8) is 0 Å². The molecule has 310 valence electrons. The summed E-state index contributed by atoms with van der Waals surface area (Å²) in [6.07, 6.45) is 0. The van der Waals surface area contributed by atoms with E-state index in [2.05, 4.69) is 231 Å². The normalized spacial score (nSPS) is 13.9. The van der Waals surface area contributed by atoms with Gasteiger partial charge in [0, 0.05) is 22.1 Å². The third-order valence-corrected chi connectivity index (χ3v) is 13.6. The summed E-state index contributed by atoms with van der Waals surface area (Å²) in [6.45, 7) is 2.38. The van der Waals surface area contributed by atoms with E-state index in [0.717, 1.165) is 33.5 Å². The molecule has 2 heteroatoms. The highest BCUT2D eigenvalue weighted by Gasteiger charge is 2.40. The van der Waals surface area contributed by atoms with Crippen LogP contribution in [0.1, 0.15) is 23.6 Å². The van der Waals surface area contributed by atoms with Gasteiger partial charge in [0.05, 0.1) is 11.4 Å². The summed E-state index contributed by atoms with van der Waals surface area (Å²) in [5.41, 5.74) is 20.8. The van der Waals surface area contributed by atoms with E-state index in [0.29, 0.717) is 5.82 Å². The predicted octanol–water partition coefficient (Wildman–Crippen LogP) is 16.6. The number of hydrogen-bond donors (Lipinski definition) is 0. The summed E-state index contributed by atoms with van der Waals surface area (Å²) < 4.78 is 0. The Morgan fingerprint density at radius 1 is 0.273 bits per heavy atom. The molecule has 1 aliphatic carbocycles. The van der Waals surface area contributed by atoms with Gasteiger partial charge in [0.1, 0.15) is 0 Å². The average molecular weight is 841 g/mol. The Hall–Kier alpha value is -8.46. The van der Waals surface area contributed by atoms with Gasteiger partial charge in [-0.25, -0.2) is 9.97 Å². The second-order valence-electron chi connectivity index (χ2n) is 17.4. The minimum absolute atomic E-state index is 0.238. The maximum atomic E-state index is 5.23.